The molecule has 0 unspecified atom stereocenters. The van der Waals surface area contributed by atoms with Crippen LogP contribution in [0.5, 0.6) is 0 Å². The molecule has 0 heterocycles. The monoisotopic (exact) mass is 650 g/mol. The van der Waals surface area contributed by atoms with Crippen LogP contribution in [-0.2, 0) is 70.4 Å². The van der Waals surface area contributed by atoms with Gasteiger partial charge in [0.15, 0.2) is 0 Å². The number of rotatable bonds is 23. The van der Waals surface area contributed by atoms with Gasteiger partial charge < -0.3 is 33.2 Å². The van der Waals surface area contributed by atoms with Crippen LogP contribution in [0.4, 0.5) is 0 Å². The van der Waals surface area contributed by atoms with Gasteiger partial charge in [0, 0.05) is 0 Å². The largest absolute Gasteiger partial charge is 0.377 e. The summed E-state index contributed by atoms with van der Waals surface area (Å²) in [5.74, 6) is 0. The minimum atomic E-state index is 0.159. The van der Waals surface area contributed by atoms with Crippen LogP contribution >= 0.6 is 0 Å². The molecule has 3 rings (SSSR count). The molecular weight excluding hydrogens is 592 g/mol. The zero-order valence-corrected chi connectivity index (χ0v) is 29.7. The lowest BCUT2D eigenvalue weighted by molar-refractivity contribution is -0.0139. The van der Waals surface area contributed by atoms with Gasteiger partial charge in [0.05, 0.1) is 92.5 Å². The molecule has 0 bridgehead atoms. The summed E-state index contributed by atoms with van der Waals surface area (Å²) < 4.78 is 40.1. The molecule has 3 aromatic rings. The predicted molar refractivity (Wildman–Crippen MR) is 188 cm³/mol. The van der Waals surface area contributed by atoms with Gasteiger partial charge in [-0.2, -0.15) is 0 Å². The third kappa shape index (κ3) is 16.4. The van der Waals surface area contributed by atoms with E-state index in [2.05, 4.69) is 102 Å². The van der Waals surface area contributed by atoms with Crippen molar-refractivity contribution in [1.29, 1.82) is 0 Å². The Morgan fingerprint density at radius 1 is 0.340 bits per heavy atom. The molecule has 0 atom stereocenters. The molecule has 0 fully saturated rings. The molecule has 0 spiro atoms. The van der Waals surface area contributed by atoms with Gasteiger partial charge in [-0.15, -0.1) is 0 Å². The summed E-state index contributed by atoms with van der Waals surface area (Å²) in [6.07, 6.45) is 0. The molecule has 7 heteroatoms. The van der Waals surface area contributed by atoms with E-state index >= 15 is 0 Å². The highest BCUT2D eigenvalue weighted by atomic mass is 16.6. The minimum Gasteiger partial charge on any atom is -0.377 e. The molecule has 0 aromatic heterocycles. The Balaban J connectivity index is 1.11. The number of hydrogen-bond donors (Lipinski definition) is 0. The first-order chi connectivity index (χ1) is 22.6. The van der Waals surface area contributed by atoms with Crippen molar-refractivity contribution in [3.63, 3.8) is 0 Å². The fraction of sp³-hybridized carbons (Fsp3) is 0.550. The maximum absolute atomic E-state index is 5.88. The zero-order valence-electron chi connectivity index (χ0n) is 29.7. The fourth-order valence-corrected chi connectivity index (χ4v) is 4.68. The molecule has 0 saturated heterocycles. The Morgan fingerprint density at radius 3 is 0.915 bits per heavy atom. The summed E-state index contributed by atoms with van der Waals surface area (Å²) in [4.78, 5) is 0. The van der Waals surface area contributed by atoms with E-state index < -0.39 is 0 Å². The van der Waals surface area contributed by atoms with Crippen molar-refractivity contribution in [2.24, 2.45) is 0 Å². The number of benzene rings is 3. The zero-order chi connectivity index (χ0) is 33.8. The molecule has 0 amide bonds. The summed E-state index contributed by atoms with van der Waals surface area (Å²) in [5, 5.41) is 0. The smallest absolute Gasteiger partial charge is 0.0721 e. The molecule has 0 aliphatic heterocycles. The maximum atomic E-state index is 5.88. The quantitative estimate of drug-likeness (QED) is 0.0971. The standard InChI is InChI=1S/C40H58O7/c1-39(2,3)37-15-11-33(12-16-37)29-44-25-23-42-21-19-41-20-22-43-24-26-46-31-35-9-7-8-10-36(35)32-47-28-27-45-30-34-13-17-38(18-14-34)40(4,5)6/h7-18H,19-32H2,1-6H3. The molecule has 0 N–H and O–H groups in total. The number of hydrogen-bond acceptors (Lipinski definition) is 7. The Bertz CT molecular complexity index is 1230. The van der Waals surface area contributed by atoms with Crippen LogP contribution in [0.25, 0.3) is 0 Å². The first-order valence-corrected chi connectivity index (χ1v) is 16.9. The summed E-state index contributed by atoms with van der Waals surface area (Å²) >= 11 is 0. The highest BCUT2D eigenvalue weighted by Crippen LogP contribution is 2.23. The van der Waals surface area contributed by atoms with Gasteiger partial charge in [-0.25, -0.2) is 0 Å². The van der Waals surface area contributed by atoms with Gasteiger partial charge in [0.25, 0.3) is 0 Å². The van der Waals surface area contributed by atoms with Crippen LogP contribution in [0.3, 0.4) is 0 Å². The summed E-state index contributed by atoms with van der Waals surface area (Å²) in [7, 11) is 0. The summed E-state index contributed by atoms with van der Waals surface area (Å²) in [5.41, 5.74) is 7.58. The van der Waals surface area contributed by atoms with E-state index in [0.717, 1.165) is 11.1 Å². The third-order valence-electron chi connectivity index (χ3n) is 7.67. The normalized spacial score (nSPS) is 12.1. The molecule has 47 heavy (non-hydrogen) atoms. The van der Waals surface area contributed by atoms with E-state index in [0.29, 0.717) is 92.5 Å². The second kappa shape index (κ2) is 21.4. The second-order valence-corrected chi connectivity index (χ2v) is 13.7. The van der Waals surface area contributed by atoms with Gasteiger partial charge in [0.2, 0.25) is 0 Å². The van der Waals surface area contributed by atoms with E-state index in [9.17, 15) is 0 Å². The van der Waals surface area contributed by atoms with Crippen molar-refractivity contribution >= 4 is 0 Å². The third-order valence-corrected chi connectivity index (χ3v) is 7.67. The molecule has 260 valence electrons. The predicted octanol–water partition coefficient (Wildman–Crippen LogP) is 7.80. The average molecular weight is 651 g/mol. The van der Waals surface area contributed by atoms with Crippen molar-refractivity contribution in [2.45, 2.75) is 78.8 Å². The Labute approximate surface area is 283 Å². The molecule has 0 radical (unpaired) electrons. The highest BCUT2D eigenvalue weighted by Gasteiger charge is 2.13. The molecule has 7 nitrogen and oxygen atoms in total. The number of ether oxygens (including phenoxy) is 7. The first-order valence-electron chi connectivity index (χ1n) is 16.9. The molecule has 0 aliphatic rings. The van der Waals surface area contributed by atoms with Crippen LogP contribution in [-0.4, -0.2) is 66.1 Å². The lowest BCUT2D eigenvalue weighted by Crippen LogP contribution is -2.13. The van der Waals surface area contributed by atoms with Crippen LogP contribution in [0.15, 0.2) is 72.8 Å². The topological polar surface area (TPSA) is 64.6 Å². The molecule has 3 aromatic carbocycles. The minimum absolute atomic E-state index is 0.159. The maximum Gasteiger partial charge on any atom is 0.0721 e. The van der Waals surface area contributed by atoms with Gasteiger partial charge in [-0.05, 0) is 44.2 Å². The van der Waals surface area contributed by atoms with Crippen LogP contribution in [0.1, 0.15) is 74.9 Å². The van der Waals surface area contributed by atoms with E-state index in [4.69, 9.17) is 33.2 Å². The summed E-state index contributed by atoms with van der Waals surface area (Å²) in [6, 6.07) is 25.5. The first kappa shape index (κ1) is 38.8. The lowest BCUT2D eigenvalue weighted by atomic mass is 9.87. The van der Waals surface area contributed by atoms with E-state index in [1.54, 1.807) is 0 Å². The van der Waals surface area contributed by atoms with Crippen LogP contribution in [0, 0.1) is 0 Å². The van der Waals surface area contributed by atoms with Crippen LogP contribution < -0.4 is 0 Å². The molecular formula is C40H58O7. The Hall–Kier alpha value is -2.62. The molecule has 0 saturated carbocycles. The van der Waals surface area contributed by atoms with Crippen molar-refractivity contribution in [3.05, 3.63) is 106 Å². The Kier molecular flexibility index (Phi) is 17.7. The van der Waals surface area contributed by atoms with Gasteiger partial charge in [-0.1, -0.05) is 114 Å². The molecule has 0 aliphatic carbocycles. The van der Waals surface area contributed by atoms with Crippen molar-refractivity contribution in [2.75, 3.05) is 66.1 Å². The average Bonchev–Trinajstić information content (AvgIpc) is 3.04. The summed E-state index contributed by atoms with van der Waals surface area (Å²) in [6.45, 7) is 20.9. The second-order valence-electron chi connectivity index (χ2n) is 13.7. The van der Waals surface area contributed by atoms with Crippen molar-refractivity contribution in [1.82, 2.24) is 0 Å². The van der Waals surface area contributed by atoms with Crippen molar-refractivity contribution in [3.8, 4) is 0 Å². The SMILES string of the molecule is CC(C)(C)c1ccc(COCCOCCOCCOCCOCc2ccccc2COCCOCc2ccc(C(C)(C)C)cc2)cc1. The lowest BCUT2D eigenvalue weighted by Gasteiger charge is -2.19. The van der Waals surface area contributed by atoms with E-state index in [1.807, 2.05) is 12.1 Å². The van der Waals surface area contributed by atoms with E-state index in [1.165, 1.54) is 22.3 Å². The van der Waals surface area contributed by atoms with Gasteiger partial charge in [-0.3, -0.25) is 0 Å². The Morgan fingerprint density at radius 2 is 0.617 bits per heavy atom. The van der Waals surface area contributed by atoms with E-state index in [-0.39, 0.29) is 10.8 Å². The van der Waals surface area contributed by atoms with Crippen LogP contribution in [0.2, 0.25) is 0 Å². The van der Waals surface area contributed by atoms with Gasteiger partial charge >= 0.3 is 0 Å². The highest BCUT2D eigenvalue weighted by molar-refractivity contribution is 5.28. The fourth-order valence-electron chi connectivity index (χ4n) is 4.68. The van der Waals surface area contributed by atoms with Gasteiger partial charge in [0.1, 0.15) is 0 Å². The van der Waals surface area contributed by atoms with Crippen molar-refractivity contribution < 1.29 is 33.2 Å².